The van der Waals surface area contributed by atoms with E-state index < -0.39 is 0 Å². The number of thiazole rings is 1. The van der Waals surface area contributed by atoms with E-state index in [0.717, 1.165) is 48.9 Å². The molecule has 2 aromatic heterocycles. The number of fused-ring (bicyclic) bond motifs is 1. The van der Waals surface area contributed by atoms with Gasteiger partial charge < -0.3 is 9.80 Å². The van der Waals surface area contributed by atoms with Gasteiger partial charge in [0.25, 0.3) is 0 Å². The van der Waals surface area contributed by atoms with E-state index in [9.17, 15) is 4.79 Å². The average Bonchev–Trinajstić information content (AvgIpc) is 2.90. The van der Waals surface area contributed by atoms with Gasteiger partial charge in [-0.2, -0.15) is 0 Å². The molecule has 1 aliphatic rings. The number of aryl methyl sites for hydroxylation is 1. The highest BCUT2D eigenvalue weighted by atomic mass is 32.1. The Labute approximate surface area is 156 Å². The van der Waals surface area contributed by atoms with Crippen molar-refractivity contribution in [1.29, 1.82) is 0 Å². The molecule has 7 heteroatoms. The number of hydrogen-bond acceptors (Lipinski definition) is 7. The molecule has 26 heavy (non-hydrogen) atoms. The summed E-state index contributed by atoms with van der Waals surface area (Å²) in [7, 11) is 0. The lowest BCUT2D eigenvalue weighted by Crippen LogP contribution is -2.31. The fourth-order valence-corrected chi connectivity index (χ4v) is 4.27. The topological polar surface area (TPSA) is 62.2 Å². The van der Waals surface area contributed by atoms with Crippen molar-refractivity contribution in [2.45, 2.75) is 20.3 Å². The molecule has 0 spiro atoms. The number of anilines is 2. The van der Waals surface area contributed by atoms with Crippen molar-refractivity contribution in [1.82, 2.24) is 15.0 Å². The van der Waals surface area contributed by atoms with Crippen molar-refractivity contribution in [2.24, 2.45) is 0 Å². The fourth-order valence-electron chi connectivity index (χ4n) is 3.26. The van der Waals surface area contributed by atoms with E-state index in [-0.39, 0.29) is 5.78 Å². The number of nitrogens with zero attached hydrogens (tertiary/aromatic N) is 5. The highest BCUT2D eigenvalue weighted by Gasteiger charge is 2.20. The van der Waals surface area contributed by atoms with Crippen molar-refractivity contribution in [3.63, 3.8) is 0 Å². The second kappa shape index (κ2) is 6.99. The van der Waals surface area contributed by atoms with Crippen LogP contribution >= 0.6 is 11.3 Å². The molecular weight excluding hydrogens is 346 g/mol. The minimum Gasteiger partial charge on any atom is -0.346 e. The summed E-state index contributed by atoms with van der Waals surface area (Å²) < 4.78 is 1.22. The molecule has 0 aliphatic carbocycles. The number of hydrogen-bond donors (Lipinski definition) is 0. The molecule has 3 aromatic rings. The predicted octanol–water partition coefficient (Wildman–Crippen LogP) is 3.31. The van der Waals surface area contributed by atoms with Gasteiger partial charge in [-0.25, -0.2) is 15.0 Å². The van der Waals surface area contributed by atoms with Crippen molar-refractivity contribution in [2.75, 3.05) is 36.0 Å². The van der Waals surface area contributed by atoms with Gasteiger partial charge in [0.1, 0.15) is 0 Å². The first kappa shape index (κ1) is 16.9. The van der Waals surface area contributed by atoms with Gasteiger partial charge in [-0.05, 0) is 32.4 Å². The lowest BCUT2D eigenvalue weighted by atomic mass is 10.2. The SMILES string of the molecule is CC(=O)c1cnc(N2CCCN(c3nc4ccccc4s3)CC2)nc1C. The van der Waals surface area contributed by atoms with Crippen LogP contribution in [0.5, 0.6) is 0 Å². The third-order valence-electron chi connectivity index (χ3n) is 4.68. The molecule has 3 heterocycles. The lowest BCUT2D eigenvalue weighted by Gasteiger charge is -2.22. The van der Waals surface area contributed by atoms with Crippen molar-refractivity contribution < 1.29 is 4.79 Å². The smallest absolute Gasteiger partial charge is 0.225 e. The van der Waals surface area contributed by atoms with Gasteiger partial charge in [-0.15, -0.1) is 0 Å². The van der Waals surface area contributed by atoms with Crippen LogP contribution in [0.3, 0.4) is 0 Å². The number of ketones is 1. The summed E-state index contributed by atoms with van der Waals surface area (Å²) in [5.41, 5.74) is 2.40. The van der Waals surface area contributed by atoms with Crippen LogP contribution in [0.1, 0.15) is 29.4 Å². The molecule has 4 rings (SSSR count). The molecule has 0 amide bonds. The maximum Gasteiger partial charge on any atom is 0.225 e. The van der Waals surface area contributed by atoms with Gasteiger partial charge in [0.2, 0.25) is 5.95 Å². The lowest BCUT2D eigenvalue weighted by molar-refractivity contribution is 0.101. The number of benzene rings is 1. The standard InChI is InChI=1S/C19H21N5OS/c1-13-15(14(2)25)12-20-18(21-13)23-8-5-9-24(11-10-23)19-22-16-6-3-4-7-17(16)26-19/h3-4,6-7,12H,5,8-11H2,1-2H3. The largest absolute Gasteiger partial charge is 0.346 e. The molecule has 0 N–H and O–H groups in total. The van der Waals surface area contributed by atoms with Crippen LogP contribution < -0.4 is 9.80 Å². The molecular formula is C19H21N5OS. The van der Waals surface area contributed by atoms with Crippen molar-refractivity contribution >= 4 is 38.4 Å². The summed E-state index contributed by atoms with van der Waals surface area (Å²) in [6, 6.07) is 8.26. The molecule has 0 atom stereocenters. The summed E-state index contributed by atoms with van der Waals surface area (Å²) in [6.45, 7) is 7.02. The fraction of sp³-hybridized carbons (Fsp3) is 0.368. The Morgan fingerprint density at radius 1 is 1.08 bits per heavy atom. The Balaban J connectivity index is 1.51. The molecule has 0 radical (unpaired) electrons. The maximum absolute atomic E-state index is 11.6. The monoisotopic (exact) mass is 367 g/mol. The van der Waals surface area contributed by atoms with Gasteiger partial charge in [0, 0.05) is 32.4 Å². The van der Waals surface area contributed by atoms with Crippen molar-refractivity contribution in [3.8, 4) is 0 Å². The van der Waals surface area contributed by atoms with E-state index in [4.69, 9.17) is 4.98 Å². The first-order valence-corrected chi connectivity index (χ1v) is 9.63. The number of rotatable bonds is 3. The predicted molar refractivity (Wildman–Crippen MR) is 105 cm³/mol. The van der Waals surface area contributed by atoms with Gasteiger partial charge in [-0.3, -0.25) is 4.79 Å². The second-order valence-corrected chi connectivity index (χ2v) is 7.53. The zero-order valence-electron chi connectivity index (χ0n) is 15.0. The highest BCUT2D eigenvalue weighted by Crippen LogP contribution is 2.29. The van der Waals surface area contributed by atoms with E-state index in [2.05, 4.69) is 38.0 Å². The number of carbonyl (C=O) groups excluding carboxylic acids is 1. The molecule has 1 aromatic carbocycles. The normalized spacial score (nSPS) is 15.3. The molecule has 0 unspecified atom stereocenters. The molecule has 1 fully saturated rings. The average molecular weight is 367 g/mol. The van der Waals surface area contributed by atoms with Crippen LogP contribution in [-0.4, -0.2) is 46.9 Å². The summed E-state index contributed by atoms with van der Waals surface area (Å²) in [5.74, 6) is 0.713. The van der Waals surface area contributed by atoms with Gasteiger partial charge >= 0.3 is 0 Å². The van der Waals surface area contributed by atoms with E-state index in [1.54, 1.807) is 24.5 Å². The van der Waals surface area contributed by atoms with E-state index in [1.165, 1.54) is 4.70 Å². The zero-order chi connectivity index (χ0) is 18.1. The summed E-state index contributed by atoms with van der Waals surface area (Å²) in [5, 5.41) is 1.08. The van der Waals surface area contributed by atoms with Crippen LogP contribution in [0.15, 0.2) is 30.5 Å². The summed E-state index contributed by atoms with van der Waals surface area (Å²) >= 11 is 1.75. The molecule has 134 valence electrons. The number of aromatic nitrogens is 3. The molecule has 6 nitrogen and oxygen atoms in total. The zero-order valence-corrected chi connectivity index (χ0v) is 15.8. The van der Waals surface area contributed by atoms with E-state index in [0.29, 0.717) is 11.5 Å². The maximum atomic E-state index is 11.6. The minimum atomic E-state index is 0.00641. The summed E-state index contributed by atoms with van der Waals surface area (Å²) in [4.78, 5) is 29.9. The third-order valence-corrected chi connectivity index (χ3v) is 5.77. The molecule has 1 aliphatic heterocycles. The second-order valence-electron chi connectivity index (χ2n) is 6.52. The van der Waals surface area contributed by atoms with Gasteiger partial charge in [-0.1, -0.05) is 23.5 Å². The van der Waals surface area contributed by atoms with Crippen molar-refractivity contribution in [3.05, 3.63) is 41.7 Å². The molecule has 0 saturated carbocycles. The number of para-hydroxylation sites is 1. The Bertz CT molecular complexity index is 921. The van der Waals surface area contributed by atoms with Crippen LogP contribution in [0.2, 0.25) is 0 Å². The van der Waals surface area contributed by atoms with Crippen LogP contribution in [0, 0.1) is 6.92 Å². The highest BCUT2D eigenvalue weighted by molar-refractivity contribution is 7.22. The summed E-state index contributed by atoms with van der Waals surface area (Å²) in [6.07, 6.45) is 2.67. The van der Waals surface area contributed by atoms with E-state index in [1.807, 2.05) is 13.0 Å². The molecule has 1 saturated heterocycles. The number of Topliss-reactive ketones (excluding diaryl/α,β-unsaturated/α-hetero) is 1. The van der Waals surface area contributed by atoms with E-state index >= 15 is 0 Å². The van der Waals surface area contributed by atoms with Gasteiger partial charge in [0.05, 0.1) is 21.5 Å². The minimum absolute atomic E-state index is 0.00641. The first-order chi connectivity index (χ1) is 12.6. The Morgan fingerprint density at radius 2 is 1.85 bits per heavy atom. The van der Waals surface area contributed by atoms with Gasteiger partial charge in [0.15, 0.2) is 10.9 Å². The van der Waals surface area contributed by atoms with Crippen LogP contribution in [0.25, 0.3) is 10.2 Å². The number of carbonyl (C=O) groups is 1. The Morgan fingerprint density at radius 3 is 2.62 bits per heavy atom. The quantitative estimate of drug-likeness (QED) is 0.662. The van der Waals surface area contributed by atoms with Crippen LogP contribution in [-0.2, 0) is 0 Å². The third kappa shape index (κ3) is 3.26. The first-order valence-electron chi connectivity index (χ1n) is 8.82. The van der Waals surface area contributed by atoms with Crippen LogP contribution in [0.4, 0.5) is 11.1 Å². The Hall–Kier alpha value is -2.54. The Kier molecular flexibility index (Phi) is 4.55. The molecule has 0 bridgehead atoms.